The Bertz CT molecular complexity index is 781. The number of fused-ring (bicyclic) bond motifs is 1. The van der Waals surface area contributed by atoms with Gasteiger partial charge in [-0.3, -0.25) is 4.79 Å². The Morgan fingerprint density at radius 1 is 1.15 bits per heavy atom. The summed E-state index contributed by atoms with van der Waals surface area (Å²) >= 11 is 0. The van der Waals surface area contributed by atoms with Gasteiger partial charge in [-0.2, -0.15) is 0 Å². The Morgan fingerprint density at radius 2 is 2.00 bits per heavy atom. The smallest absolute Gasteiger partial charge is 0.150 e. The first-order valence-electron chi connectivity index (χ1n) is 6.79. The van der Waals surface area contributed by atoms with Gasteiger partial charge < -0.3 is 4.42 Å². The Morgan fingerprint density at radius 3 is 2.75 bits per heavy atom. The molecule has 0 fully saturated rings. The molecule has 1 aromatic heterocycles. The minimum absolute atomic E-state index is 0.764. The number of carbonyl (C=O) groups excluding carboxylic acids is 1. The zero-order valence-electron chi connectivity index (χ0n) is 11.6. The number of furan rings is 1. The molecule has 2 aromatic carbocycles. The van der Waals surface area contributed by atoms with Gasteiger partial charge in [-0.05, 0) is 48.2 Å². The summed E-state index contributed by atoms with van der Waals surface area (Å²) < 4.78 is 5.62. The summed E-state index contributed by atoms with van der Waals surface area (Å²) in [6, 6.07) is 12.2. The average molecular weight is 264 g/mol. The van der Waals surface area contributed by atoms with Crippen molar-refractivity contribution in [3.8, 4) is 11.1 Å². The summed E-state index contributed by atoms with van der Waals surface area (Å²) in [4.78, 5) is 11.0. The molecule has 0 aliphatic rings. The van der Waals surface area contributed by atoms with Gasteiger partial charge in [0.2, 0.25) is 0 Å². The molecule has 2 nitrogen and oxygen atoms in total. The molecule has 0 bridgehead atoms. The fraction of sp³-hybridized carbons (Fsp3) is 0.167. The quantitative estimate of drug-likeness (QED) is 0.637. The van der Waals surface area contributed by atoms with Crippen LogP contribution < -0.4 is 0 Å². The molecule has 3 rings (SSSR count). The van der Waals surface area contributed by atoms with E-state index in [1.165, 1.54) is 5.56 Å². The molecule has 0 N–H and O–H groups in total. The van der Waals surface area contributed by atoms with E-state index >= 15 is 0 Å². The molecule has 1 heterocycles. The topological polar surface area (TPSA) is 30.2 Å². The van der Waals surface area contributed by atoms with Crippen molar-refractivity contribution in [3.63, 3.8) is 0 Å². The standard InChI is InChI=1S/C18H16O2/c1-3-13-10-14(4-5-16(13)11-19)17-9-12(2)8-15-6-7-20-18(15)17/h4-11H,3H2,1-2H3. The van der Waals surface area contributed by atoms with Crippen molar-refractivity contribution in [1.29, 1.82) is 0 Å². The lowest BCUT2D eigenvalue weighted by Crippen LogP contribution is -1.92. The van der Waals surface area contributed by atoms with Crippen LogP contribution in [0.5, 0.6) is 0 Å². The molecule has 0 unspecified atom stereocenters. The van der Waals surface area contributed by atoms with Gasteiger partial charge in [0, 0.05) is 16.5 Å². The minimum atomic E-state index is 0.764. The highest BCUT2D eigenvalue weighted by Gasteiger charge is 2.10. The number of carbonyl (C=O) groups is 1. The lowest BCUT2D eigenvalue weighted by Gasteiger charge is -2.08. The number of rotatable bonds is 3. The Labute approximate surface area is 118 Å². The third-order valence-corrected chi connectivity index (χ3v) is 3.66. The first-order chi connectivity index (χ1) is 9.72. The first kappa shape index (κ1) is 12.7. The van der Waals surface area contributed by atoms with E-state index in [4.69, 9.17) is 4.42 Å². The van der Waals surface area contributed by atoms with Crippen LogP contribution in [0.25, 0.3) is 22.1 Å². The number of hydrogen-bond acceptors (Lipinski definition) is 2. The second-order valence-electron chi connectivity index (χ2n) is 5.04. The van der Waals surface area contributed by atoms with Gasteiger partial charge in [0.15, 0.2) is 0 Å². The van der Waals surface area contributed by atoms with Crippen molar-refractivity contribution < 1.29 is 9.21 Å². The molecule has 0 radical (unpaired) electrons. The summed E-state index contributed by atoms with van der Waals surface area (Å²) in [6.45, 7) is 4.14. The molecule has 20 heavy (non-hydrogen) atoms. The third kappa shape index (κ3) is 2.03. The fourth-order valence-electron chi connectivity index (χ4n) is 2.64. The lowest BCUT2D eigenvalue weighted by molar-refractivity contribution is 0.112. The normalized spacial score (nSPS) is 10.9. The van der Waals surface area contributed by atoms with Crippen LogP contribution in [0.1, 0.15) is 28.4 Å². The van der Waals surface area contributed by atoms with E-state index < -0.39 is 0 Å². The van der Waals surface area contributed by atoms with Crippen LogP contribution in [0.2, 0.25) is 0 Å². The molecule has 0 saturated carbocycles. The van der Waals surface area contributed by atoms with E-state index in [1.54, 1.807) is 6.26 Å². The summed E-state index contributed by atoms with van der Waals surface area (Å²) in [5.74, 6) is 0. The van der Waals surface area contributed by atoms with Crippen LogP contribution in [0.3, 0.4) is 0 Å². The van der Waals surface area contributed by atoms with E-state index in [-0.39, 0.29) is 0 Å². The molecule has 100 valence electrons. The molecule has 0 aliphatic heterocycles. The first-order valence-corrected chi connectivity index (χ1v) is 6.79. The molecule has 0 amide bonds. The average Bonchev–Trinajstić information content (AvgIpc) is 2.93. The summed E-state index contributed by atoms with van der Waals surface area (Å²) in [5.41, 5.74) is 6.11. The van der Waals surface area contributed by atoms with Crippen molar-refractivity contribution in [2.24, 2.45) is 0 Å². The SMILES string of the molecule is CCc1cc(-c2cc(C)cc3ccoc23)ccc1C=O. The van der Waals surface area contributed by atoms with E-state index in [0.29, 0.717) is 0 Å². The van der Waals surface area contributed by atoms with Crippen LogP contribution in [0, 0.1) is 6.92 Å². The van der Waals surface area contributed by atoms with Crippen LogP contribution in [0.15, 0.2) is 47.1 Å². The van der Waals surface area contributed by atoms with E-state index in [0.717, 1.165) is 45.9 Å². The highest BCUT2D eigenvalue weighted by atomic mass is 16.3. The Balaban J connectivity index is 2.25. The van der Waals surface area contributed by atoms with Crippen LogP contribution >= 0.6 is 0 Å². The highest BCUT2D eigenvalue weighted by molar-refractivity contribution is 5.93. The molecular weight excluding hydrogens is 248 g/mol. The van der Waals surface area contributed by atoms with Gasteiger partial charge in [-0.15, -0.1) is 0 Å². The predicted octanol–water partition coefficient (Wildman–Crippen LogP) is 4.78. The maximum Gasteiger partial charge on any atom is 0.150 e. The van der Waals surface area contributed by atoms with Crippen LogP contribution in [0.4, 0.5) is 0 Å². The van der Waals surface area contributed by atoms with Crippen molar-refractivity contribution in [2.45, 2.75) is 20.3 Å². The molecule has 0 saturated heterocycles. The summed E-state index contributed by atoms with van der Waals surface area (Å²) in [5, 5.41) is 1.11. The third-order valence-electron chi connectivity index (χ3n) is 3.66. The number of aryl methyl sites for hydroxylation is 2. The van der Waals surface area contributed by atoms with Gasteiger partial charge in [0.1, 0.15) is 11.9 Å². The second kappa shape index (κ2) is 4.97. The Kier molecular flexibility index (Phi) is 3.15. The molecule has 0 atom stereocenters. The monoisotopic (exact) mass is 264 g/mol. The van der Waals surface area contributed by atoms with E-state index in [2.05, 4.69) is 32.0 Å². The molecular formula is C18H16O2. The largest absolute Gasteiger partial charge is 0.464 e. The molecule has 0 aliphatic carbocycles. The van der Waals surface area contributed by atoms with Gasteiger partial charge in [-0.25, -0.2) is 0 Å². The lowest BCUT2D eigenvalue weighted by atomic mass is 9.96. The van der Waals surface area contributed by atoms with Gasteiger partial charge in [0.05, 0.1) is 6.26 Å². The molecule has 2 heteroatoms. The molecule has 0 spiro atoms. The van der Waals surface area contributed by atoms with Gasteiger partial charge in [-0.1, -0.05) is 25.1 Å². The Hall–Kier alpha value is -2.35. The number of benzene rings is 2. The molecule has 3 aromatic rings. The van der Waals surface area contributed by atoms with Crippen molar-refractivity contribution in [3.05, 3.63) is 59.4 Å². The van der Waals surface area contributed by atoms with Gasteiger partial charge in [0.25, 0.3) is 0 Å². The summed E-state index contributed by atoms with van der Waals surface area (Å²) in [6.07, 6.45) is 3.48. The van der Waals surface area contributed by atoms with Crippen LogP contribution in [-0.4, -0.2) is 6.29 Å². The number of hydrogen-bond donors (Lipinski definition) is 0. The zero-order valence-corrected chi connectivity index (χ0v) is 11.6. The van der Waals surface area contributed by atoms with Crippen molar-refractivity contribution >= 4 is 17.3 Å². The van der Waals surface area contributed by atoms with E-state index in [9.17, 15) is 4.79 Å². The maximum absolute atomic E-state index is 11.0. The second-order valence-corrected chi connectivity index (χ2v) is 5.04. The summed E-state index contributed by atoms with van der Waals surface area (Å²) in [7, 11) is 0. The van der Waals surface area contributed by atoms with Gasteiger partial charge >= 0.3 is 0 Å². The maximum atomic E-state index is 11.0. The van der Waals surface area contributed by atoms with E-state index in [1.807, 2.05) is 18.2 Å². The van der Waals surface area contributed by atoms with Crippen LogP contribution in [-0.2, 0) is 6.42 Å². The minimum Gasteiger partial charge on any atom is -0.464 e. The highest BCUT2D eigenvalue weighted by Crippen LogP contribution is 2.32. The van der Waals surface area contributed by atoms with Crippen molar-refractivity contribution in [2.75, 3.05) is 0 Å². The zero-order chi connectivity index (χ0) is 14.1. The van der Waals surface area contributed by atoms with Crippen molar-refractivity contribution in [1.82, 2.24) is 0 Å². The predicted molar refractivity (Wildman–Crippen MR) is 81.2 cm³/mol. The number of aldehydes is 1. The fourth-order valence-corrected chi connectivity index (χ4v) is 2.64.